The van der Waals surface area contributed by atoms with Crippen molar-refractivity contribution in [3.05, 3.63) is 18.5 Å². The molecule has 88 valence electrons. The van der Waals surface area contributed by atoms with Gasteiger partial charge in [0.1, 0.15) is 0 Å². The molecule has 0 atom stereocenters. The van der Waals surface area contributed by atoms with Gasteiger partial charge in [0.2, 0.25) is 11.9 Å². The van der Waals surface area contributed by atoms with E-state index < -0.39 is 0 Å². The minimum absolute atomic E-state index is 0.120. The Hall–Kier alpha value is -1.45. The van der Waals surface area contributed by atoms with Crippen LogP contribution in [0.4, 0.5) is 5.95 Å². The van der Waals surface area contributed by atoms with E-state index in [1.165, 1.54) is 0 Å². The molecule has 0 aliphatic rings. The summed E-state index contributed by atoms with van der Waals surface area (Å²) in [4.78, 5) is 21.9. The quantitative estimate of drug-likeness (QED) is 0.741. The molecule has 4 heteroatoms. The molecule has 0 bridgehead atoms. The lowest BCUT2D eigenvalue weighted by molar-refractivity contribution is -0.118. The number of hydrogen-bond acceptors (Lipinski definition) is 3. The van der Waals surface area contributed by atoms with Gasteiger partial charge >= 0.3 is 0 Å². The molecule has 1 heterocycles. The third kappa shape index (κ3) is 3.61. The van der Waals surface area contributed by atoms with Crippen LogP contribution >= 0.6 is 0 Å². The lowest BCUT2D eigenvalue weighted by atomic mass is 10.2. The van der Waals surface area contributed by atoms with Crippen molar-refractivity contribution in [3.8, 4) is 0 Å². The van der Waals surface area contributed by atoms with Crippen molar-refractivity contribution in [1.82, 2.24) is 9.97 Å². The summed E-state index contributed by atoms with van der Waals surface area (Å²) in [6, 6.07) is 1.75. The molecule has 0 aliphatic heterocycles. The number of carbonyl (C=O) groups is 1. The van der Waals surface area contributed by atoms with E-state index in [1.54, 1.807) is 23.4 Å². The first kappa shape index (κ1) is 12.6. The lowest BCUT2D eigenvalue weighted by Gasteiger charge is -2.19. The van der Waals surface area contributed by atoms with Crippen LogP contribution in [0.25, 0.3) is 0 Å². The normalized spacial score (nSPS) is 10.1. The molecule has 4 nitrogen and oxygen atoms in total. The van der Waals surface area contributed by atoms with E-state index in [0.717, 1.165) is 19.3 Å². The van der Waals surface area contributed by atoms with Crippen LogP contribution < -0.4 is 4.90 Å². The number of hydrogen-bond donors (Lipinski definition) is 0. The molecule has 0 fully saturated rings. The van der Waals surface area contributed by atoms with E-state index in [9.17, 15) is 4.79 Å². The summed E-state index contributed by atoms with van der Waals surface area (Å²) in [6.45, 7) is 4.81. The number of carbonyl (C=O) groups excluding carboxylic acids is 1. The number of amides is 1. The molecule has 0 saturated heterocycles. The minimum Gasteiger partial charge on any atom is -0.281 e. The van der Waals surface area contributed by atoms with Gasteiger partial charge in [0.15, 0.2) is 0 Å². The molecule has 0 aliphatic carbocycles. The topological polar surface area (TPSA) is 46.1 Å². The molecular weight excluding hydrogens is 202 g/mol. The Balaban J connectivity index is 2.71. The highest BCUT2D eigenvalue weighted by molar-refractivity contribution is 5.91. The van der Waals surface area contributed by atoms with Gasteiger partial charge in [-0.1, -0.05) is 20.3 Å². The molecule has 16 heavy (non-hydrogen) atoms. The van der Waals surface area contributed by atoms with Crippen LogP contribution in [0.15, 0.2) is 18.5 Å². The van der Waals surface area contributed by atoms with Gasteiger partial charge in [-0.3, -0.25) is 9.69 Å². The summed E-state index contributed by atoms with van der Waals surface area (Å²) in [5.74, 6) is 0.639. The van der Waals surface area contributed by atoms with Crippen molar-refractivity contribution in [1.29, 1.82) is 0 Å². The standard InChI is InChI=1S/C12H19N3O/c1-3-5-7-11(16)15(10-4-2)12-13-8-6-9-14-12/h6,8-9H,3-5,7,10H2,1-2H3. The number of rotatable bonds is 6. The van der Waals surface area contributed by atoms with E-state index in [2.05, 4.69) is 16.9 Å². The monoisotopic (exact) mass is 221 g/mol. The van der Waals surface area contributed by atoms with Crippen LogP contribution in [0.1, 0.15) is 39.5 Å². The first-order chi connectivity index (χ1) is 7.79. The van der Waals surface area contributed by atoms with Crippen molar-refractivity contribution in [3.63, 3.8) is 0 Å². The number of unbranched alkanes of at least 4 members (excludes halogenated alkanes) is 1. The van der Waals surface area contributed by atoms with Crippen LogP contribution in [0.2, 0.25) is 0 Å². The van der Waals surface area contributed by atoms with Gasteiger partial charge in [0.25, 0.3) is 0 Å². The third-order valence-corrected chi connectivity index (χ3v) is 2.29. The summed E-state index contributed by atoms with van der Waals surface area (Å²) in [5, 5.41) is 0. The van der Waals surface area contributed by atoms with E-state index in [1.807, 2.05) is 6.92 Å². The molecule has 1 aromatic rings. The highest BCUT2D eigenvalue weighted by Gasteiger charge is 2.15. The second-order valence-electron chi connectivity index (χ2n) is 3.70. The van der Waals surface area contributed by atoms with Crippen molar-refractivity contribution < 1.29 is 4.79 Å². The third-order valence-electron chi connectivity index (χ3n) is 2.29. The largest absolute Gasteiger partial charge is 0.281 e. The van der Waals surface area contributed by atoms with Gasteiger partial charge in [-0.25, -0.2) is 9.97 Å². The molecule has 0 saturated carbocycles. The maximum Gasteiger partial charge on any atom is 0.232 e. The second-order valence-corrected chi connectivity index (χ2v) is 3.70. The first-order valence-corrected chi connectivity index (χ1v) is 5.87. The molecule has 0 spiro atoms. The van der Waals surface area contributed by atoms with Gasteiger partial charge in [0, 0.05) is 25.4 Å². The Morgan fingerprint density at radius 1 is 1.25 bits per heavy atom. The van der Waals surface area contributed by atoms with Crippen molar-refractivity contribution >= 4 is 11.9 Å². The summed E-state index contributed by atoms with van der Waals surface area (Å²) in [5.41, 5.74) is 0. The van der Waals surface area contributed by atoms with Gasteiger partial charge in [0.05, 0.1) is 0 Å². The Morgan fingerprint density at radius 3 is 2.50 bits per heavy atom. The predicted molar refractivity (Wildman–Crippen MR) is 64.2 cm³/mol. The minimum atomic E-state index is 0.120. The Kier molecular flexibility index (Phi) is 5.46. The molecule has 1 amide bonds. The maximum atomic E-state index is 11.9. The van der Waals surface area contributed by atoms with Gasteiger partial charge in [-0.05, 0) is 18.9 Å². The Morgan fingerprint density at radius 2 is 1.94 bits per heavy atom. The number of anilines is 1. The average Bonchev–Trinajstić information content (AvgIpc) is 2.34. The summed E-state index contributed by atoms with van der Waals surface area (Å²) < 4.78 is 0. The van der Waals surface area contributed by atoms with Crippen molar-refractivity contribution in [2.45, 2.75) is 39.5 Å². The Bertz CT molecular complexity index is 313. The van der Waals surface area contributed by atoms with Crippen LogP contribution in [0.5, 0.6) is 0 Å². The molecular formula is C12H19N3O. The maximum absolute atomic E-state index is 11.9. The van der Waals surface area contributed by atoms with Crippen LogP contribution in [-0.2, 0) is 4.79 Å². The smallest absolute Gasteiger partial charge is 0.232 e. The van der Waals surface area contributed by atoms with E-state index in [0.29, 0.717) is 18.9 Å². The molecule has 0 unspecified atom stereocenters. The number of aromatic nitrogens is 2. The highest BCUT2D eigenvalue weighted by atomic mass is 16.2. The SMILES string of the molecule is CCCCC(=O)N(CCC)c1ncccn1. The number of nitrogens with zero attached hydrogens (tertiary/aromatic N) is 3. The summed E-state index contributed by atoms with van der Waals surface area (Å²) in [6.07, 6.45) is 6.77. The lowest BCUT2D eigenvalue weighted by Crippen LogP contribution is -2.32. The van der Waals surface area contributed by atoms with Crippen LogP contribution in [0.3, 0.4) is 0 Å². The van der Waals surface area contributed by atoms with Crippen molar-refractivity contribution in [2.75, 3.05) is 11.4 Å². The predicted octanol–water partition coefficient (Wildman–Crippen LogP) is 2.41. The summed E-state index contributed by atoms with van der Waals surface area (Å²) in [7, 11) is 0. The fourth-order valence-corrected chi connectivity index (χ4v) is 1.45. The van der Waals surface area contributed by atoms with E-state index in [-0.39, 0.29) is 5.91 Å². The molecule has 0 radical (unpaired) electrons. The van der Waals surface area contributed by atoms with E-state index >= 15 is 0 Å². The Labute approximate surface area is 96.7 Å². The zero-order valence-corrected chi connectivity index (χ0v) is 10.0. The van der Waals surface area contributed by atoms with E-state index in [4.69, 9.17) is 0 Å². The van der Waals surface area contributed by atoms with Gasteiger partial charge in [-0.15, -0.1) is 0 Å². The fraction of sp³-hybridized carbons (Fsp3) is 0.583. The van der Waals surface area contributed by atoms with Crippen LogP contribution in [0, 0.1) is 0 Å². The molecule has 0 aromatic carbocycles. The summed E-state index contributed by atoms with van der Waals surface area (Å²) >= 11 is 0. The zero-order valence-electron chi connectivity index (χ0n) is 10.0. The average molecular weight is 221 g/mol. The molecule has 0 N–H and O–H groups in total. The molecule has 1 aromatic heterocycles. The second kappa shape index (κ2) is 6.93. The zero-order chi connectivity index (χ0) is 11.8. The van der Waals surface area contributed by atoms with Crippen molar-refractivity contribution in [2.24, 2.45) is 0 Å². The van der Waals surface area contributed by atoms with Gasteiger partial charge < -0.3 is 0 Å². The van der Waals surface area contributed by atoms with Gasteiger partial charge in [-0.2, -0.15) is 0 Å². The van der Waals surface area contributed by atoms with Crippen LogP contribution in [-0.4, -0.2) is 22.4 Å². The highest BCUT2D eigenvalue weighted by Crippen LogP contribution is 2.09. The fourth-order valence-electron chi connectivity index (χ4n) is 1.45. The molecule has 1 rings (SSSR count). The first-order valence-electron chi connectivity index (χ1n) is 5.87.